The highest BCUT2D eigenvalue weighted by atomic mass is 16.6. The van der Waals surface area contributed by atoms with Crippen molar-refractivity contribution in [1.82, 2.24) is 0 Å². The van der Waals surface area contributed by atoms with Crippen molar-refractivity contribution in [2.24, 2.45) is 0 Å². The summed E-state index contributed by atoms with van der Waals surface area (Å²) < 4.78 is 10.4. The Kier molecular flexibility index (Phi) is 7.40. The molecular weight excluding hydrogens is 384 g/mol. The second-order valence-corrected chi connectivity index (χ2v) is 6.45. The average molecular weight is 406 g/mol. The molecule has 154 valence electrons. The van der Waals surface area contributed by atoms with Gasteiger partial charge < -0.3 is 14.6 Å². The molecule has 0 bridgehead atoms. The summed E-state index contributed by atoms with van der Waals surface area (Å²) in [7, 11) is 0. The van der Waals surface area contributed by atoms with Crippen LogP contribution in [0.1, 0.15) is 16.7 Å². The van der Waals surface area contributed by atoms with Gasteiger partial charge in [-0.25, -0.2) is 9.59 Å². The highest BCUT2D eigenvalue weighted by Crippen LogP contribution is 2.20. The normalized spacial score (nSPS) is 10.2. The number of aliphatic hydroxyl groups excluding tert-OH is 1. The SMILES string of the molecule is O=C(Nc1cc(CO)cc(NC(=O)OCc2ccccc2)c1)OCc1ccccc1. The van der Waals surface area contributed by atoms with E-state index < -0.39 is 12.2 Å². The minimum Gasteiger partial charge on any atom is -0.444 e. The second-order valence-electron chi connectivity index (χ2n) is 6.45. The Balaban J connectivity index is 1.57. The third kappa shape index (κ3) is 6.65. The van der Waals surface area contributed by atoms with Gasteiger partial charge in [-0.3, -0.25) is 10.6 Å². The topological polar surface area (TPSA) is 96.9 Å². The van der Waals surface area contributed by atoms with E-state index in [-0.39, 0.29) is 19.8 Å². The Hall–Kier alpha value is -3.84. The van der Waals surface area contributed by atoms with Crippen LogP contribution < -0.4 is 10.6 Å². The van der Waals surface area contributed by atoms with Crippen LogP contribution in [0.2, 0.25) is 0 Å². The Morgan fingerprint density at radius 3 is 1.50 bits per heavy atom. The first-order valence-corrected chi connectivity index (χ1v) is 9.32. The molecule has 3 rings (SSSR count). The molecular formula is C23H22N2O5. The third-order valence-corrected chi connectivity index (χ3v) is 4.09. The van der Waals surface area contributed by atoms with Crippen molar-refractivity contribution in [3.8, 4) is 0 Å². The molecule has 0 aliphatic carbocycles. The molecule has 3 N–H and O–H groups in total. The first-order chi connectivity index (χ1) is 14.6. The number of rotatable bonds is 7. The maximum atomic E-state index is 12.1. The Morgan fingerprint density at radius 1 is 0.667 bits per heavy atom. The fourth-order valence-electron chi connectivity index (χ4n) is 2.68. The van der Waals surface area contributed by atoms with Gasteiger partial charge in [0, 0.05) is 11.4 Å². The molecule has 3 aromatic carbocycles. The molecule has 2 amide bonds. The number of aliphatic hydroxyl groups is 1. The minimum atomic E-state index is -0.647. The second kappa shape index (κ2) is 10.6. The molecule has 0 aromatic heterocycles. The van der Waals surface area contributed by atoms with E-state index in [4.69, 9.17) is 9.47 Å². The lowest BCUT2D eigenvalue weighted by molar-refractivity contribution is 0.154. The molecule has 7 nitrogen and oxygen atoms in total. The summed E-state index contributed by atoms with van der Waals surface area (Å²) in [5, 5.41) is 14.7. The predicted octanol–water partition coefficient (Wildman–Crippen LogP) is 4.68. The molecule has 0 atom stereocenters. The summed E-state index contributed by atoms with van der Waals surface area (Å²) in [6.07, 6.45) is -1.29. The molecule has 7 heteroatoms. The zero-order valence-electron chi connectivity index (χ0n) is 16.2. The van der Waals surface area contributed by atoms with Gasteiger partial charge in [0.25, 0.3) is 0 Å². The van der Waals surface area contributed by atoms with Crippen LogP contribution in [0.4, 0.5) is 21.0 Å². The quantitative estimate of drug-likeness (QED) is 0.530. The number of anilines is 2. The van der Waals surface area contributed by atoms with E-state index in [9.17, 15) is 14.7 Å². The van der Waals surface area contributed by atoms with Gasteiger partial charge in [-0.15, -0.1) is 0 Å². The van der Waals surface area contributed by atoms with Gasteiger partial charge in [0.2, 0.25) is 0 Å². The highest BCUT2D eigenvalue weighted by Gasteiger charge is 2.09. The highest BCUT2D eigenvalue weighted by molar-refractivity contribution is 5.89. The lowest BCUT2D eigenvalue weighted by Crippen LogP contribution is -2.16. The largest absolute Gasteiger partial charge is 0.444 e. The number of carbonyl (C=O) groups excluding carboxylic acids is 2. The maximum Gasteiger partial charge on any atom is 0.411 e. The molecule has 3 aromatic rings. The van der Waals surface area contributed by atoms with Gasteiger partial charge in [-0.2, -0.15) is 0 Å². The van der Waals surface area contributed by atoms with Gasteiger partial charge >= 0.3 is 12.2 Å². The fraction of sp³-hybridized carbons (Fsp3) is 0.130. The third-order valence-electron chi connectivity index (χ3n) is 4.09. The summed E-state index contributed by atoms with van der Waals surface area (Å²) in [4.78, 5) is 24.1. The number of hydrogen-bond acceptors (Lipinski definition) is 5. The molecule has 0 radical (unpaired) electrons. The first-order valence-electron chi connectivity index (χ1n) is 9.32. The van der Waals surface area contributed by atoms with Crippen LogP contribution in [-0.2, 0) is 29.3 Å². The van der Waals surface area contributed by atoms with Crippen LogP contribution >= 0.6 is 0 Å². The van der Waals surface area contributed by atoms with Gasteiger partial charge in [0.1, 0.15) is 13.2 Å². The Bertz CT molecular complexity index is 902. The number of benzene rings is 3. The molecule has 0 saturated heterocycles. The Morgan fingerprint density at radius 2 is 1.10 bits per heavy atom. The van der Waals surface area contributed by atoms with Crippen molar-refractivity contribution in [2.75, 3.05) is 10.6 Å². The van der Waals surface area contributed by atoms with E-state index in [0.29, 0.717) is 16.9 Å². The molecule has 0 aliphatic heterocycles. The van der Waals surface area contributed by atoms with Gasteiger partial charge in [0.05, 0.1) is 6.61 Å². The number of nitrogens with one attached hydrogen (secondary N) is 2. The van der Waals surface area contributed by atoms with Crippen molar-refractivity contribution in [3.63, 3.8) is 0 Å². The van der Waals surface area contributed by atoms with E-state index in [0.717, 1.165) is 11.1 Å². The van der Waals surface area contributed by atoms with E-state index in [1.54, 1.807) is 18.2 Å². The number of amides is 2. The number of carbonyl (C=O) groups is 2. The average Bonchev–Trinajstić information content (AvgIpc) is 2.77. The van der Waals surface area contributed by atoms with Crippen LogP contribution in [0.3, 0.4) is 0 Å². The van der Waals surface area contributed by atoms with E-state index in [1.807, 2.05) is 60.7 Å². The first kappa shape index (κ1) is 20.9. The monoisotopic (exact) mass is 406 g/mol. The smallest absolute Gasteiger partial charge is 0.411 e. The molecule has 0 heterocycles. The van der Waals surface area contributed by atoms with Crippen LogP contribution in [-0.4, -0.2) is 17.3 Å². The number of hydrogen-bond donors (Lipinski definition) is 3. The molecule has 0 spiro atoms. The van der Waals surface area contributed by atoms with Crippen molar-refractivity contribution in [1.29, 1.82) is 0 Å². The van der Waals surface area contributed by atoms with E-state index in [2.05, 4.69) is 10.6 Å². The molecule has 0 saturated carbocycles. The lowest BCUT2D eigenvalue weighted by Gasteiger charge is -2.12. The zero-order valence-corrected chi connectivity index (χ0v) is 16.2. The Labute approximate surface area is 174 Å². The van der Waals surface area contributed by atoms with Crippen molar-refractivity contribution in [3.05, 3.63) is 95.6 Å². The van der Waals surface area contributed by atoms with Crippen LogP contribution in [0.15, 0.2) is 78.9 Å². The van der Waals surface area contributed by atoms with E-state index >= 15 is 0 Å². The van der Waals surface area contributed by atoms with Crippen LogP contribution in [0, 0.1) is 0 Å². The molecule has 30 heavy (non-hydrogen) atoms. The fourth-order valence-corrected chi connectivity index (χ4v) is 2.68. The molecule has 0 unspecified atom stereocenters. The standard InChI is InChI=1S/C23H22N2O5/c26-14-19-11-20(24-22(27)29-15-17-7-3-1-4-8-17)13-21(12-19)25-23(28)30-16-18-9-5-2-6-10-18/h1-13,26H,14-16H2,(H,24,27)(H,25,28). The number of ether oxygens (including phenoxy) is 2. The van der Waals surface area contributed by atoms with E-state index in [1.165, 1.54) is 0 Å². The van der Waals surface area contributed by atoms with Gasteiger partial charge in [-0.05, 0) is 34.9 Å². The van der Waals surface area contributed by atoms with Gasteiger partial charge in [0.15, 0.2) is 0 Å². The summed E-state index contributed by atoms with van der Waals surface area (Å²) in [6.45, 7) is -0.00507. The van der Waals surface area contributed by atoms with Crippen molar-refractivity contribution < 1.29 is 24.2 Å². The summed E-state index contributed by atoms with van der Waals surface area (Å²) in [5.41, 5.74) is 2.98. The van der Waals surface area contributed by atoms with Crippen LogP contribution in [0.5, 0.6) is 0 Å². The minimum absolute atomic E-state index is 0.128. The predicted molar refractivity (Wildman–Crippen MR) is 113 cm³/mol. The van der Waals surface area contributed by atoms with Crippen LogP contribution in [0.25, 0.3) is 0 Å². The summed E-state index contributed by atoms with van der Waals surface area (Å²) in [6, 6.07) is 23.3. The molecule has 0 aliphatic rings. The maximum absolute atomic E-state index is 12.1. The lowest BCUT2D eigenvalue weighted by atomic mass is 10.2. The van der Waals surface area contributed by atoms with Crippen molar-refractivity contribution >= 4 is 23.6 Å². The molecule has 0 fully saturated rings. The van der Waals surface area contributed by atoms with Crippen molar-refractivity contribution in [2.45, 2.75) is 19.8 Å². The summed E-state index contributed by atoms with van der Waals surface area (Å²) in [5.74, 6) is 0. The van der Waals surface area contributed by atoms with Gasteiger partial charge in [-0.1, -0.05) is 60.7 Å². The zero-order chi connectivity index (χ0) is 21.2. The summed E-state index contributed by atoms with van der Waals surface area (Å²) >= 11 is 0.